The fraction of sp³-hybridized carbons (Fsp3) is 0.333. The first-order chi connectivity index (χ1) is 13.6. The van der Waals surface area contributed by atoms with E-state index < -0.39 is 11.8 Å². The number of unbranched alkanes of at least 4 members (excludes halogenated alkanes) is 1. The number of hydrogen-bond acceptors (Lipinski definition) is 4. The van der Waals surface area contributed by atoms with Crippen LogP contribution in [-0.2, 0) is 16.0 Å². The fourth-order valence-corrected chi connectivity index (χ4v) is 3.15. The number of hydrazine groups is 1. The summed E-state index contributed by atoms with van der Waals surface area (Å²) >= 11 is 0. The summed E-state index contributed by atoms with van der Waals surface area (Å²) in [5.41, 5.74) is 7.14. The van der Waals surface area contributed by atoms with E-state index in [0.29, 0.717) is 12.1 Å². The third kappa shape index (κ3) is 4.73. The number of nitrogens with zero attached hydrogens (tertiary/aromatic N) is 2. The second kappa shape index (κ2) is 9.12. The zero-order valence-electron chi connectivity index (χ0n) is 15.9. The second-order valence-corrected chi connectivity index (χ2v) is 6.86. The molecule has 1 aliphatic heterocycles. The Balaban J connectivity index is 1.54. The van der Waals surface area contributed by atoms with Gasteiger partial charge < -0.3 is 4.90 Å². The van der Waals surface area contributed by atoms with E-state index in [4.69, 9.17) is 0 Å². The lowest BCUT2D eigenvalue weighted by atomic mass is 10.1. The van der Waals surface area contributed by atoms with Gasteiger partial charge in [0, 0.05) is 31.0 Å². The molecule has 0 spiro atoms. The first-order valence-electron chi connectivity index (χ1n) is 9.48. The number of aryl methyl sites for hydroxylation is 1. The van der Waals surface area contributed by atoms with Gasteiger partial charge in [-0.15, -0.1) is 0 Å². The minimum atomic E-state index is -0.513. The second-order valence-electron chi connectivity index (χ2n) is 6.86. The summed E-state index contributed by atoms with van der Waals surface area (Å²) in [7, 11) is 0. The van der Waals surface area contributed by atoms with Crippen molar-refractivity contribution in [2.75, 3.05) is 11.4 Å². The summed E-state index contributed by atoms with van der Waals surface area (Å²) < 4.78 is 0. The topological polar surface area (TPSA) is 91.4 Å². The van der Waals surface area contributed by atoms with E-state index in [-0.39, 0.29) is 18.2 Å². The van der Waals surface area contributed by atoms with Gasteiger partial charge in [-0.3, -0.25) is 30.2 Å². The number of carbonyl (C=O) groups excluding carboxylic acids is 3. The average molecular weight is 380 g/mol. The normalized spacial score (nSPS) is 16.1. The third-order valence-corrected chi connectivity index (χ3v) is 4.79. The number of rotatable bonds is 6. The van der Waals surface area contributed by atoms with E-state index >= 15 is 0 Å². The van der Waals surface area contributed by atoms with Gasteiger partial charge in [-0.2, -0.15) is 0 Å². The number of hydrogen-bond donors (Lipinski definition) is 2. The minimum Gasteiger partial charge on any atom is -0.312 e. The van der Waals surface area contributed by atoms with Crippen molar-refractivity contribution in [1.29, 1.82) is 0 Å². The molecule has 2 heterocycles. The van der Waals surface area contributed by atoms with Crippen molar-refractivity contribution in [1.82, 2.24) is 15.8 Å². The summed E-state index contributed by atoms with van der Waals surface area (Å²) in [5.74, 6) is -1.44. The molecule has 0 radical (unpaired) electrons. The molecule has 1 unspecified atom stereocenters. The van der Waals surface area contributed by atoms with Crippen LogP contribution < -0.4 is 15.8 Å². The zero-order valence-corrected chi connectivity index (χ0v) is 15.9. The summed E-state index contributed by atoms with van der Waals surface area (Å²) in [5, 5.41) is 0. The Kier molecular flexibility index (Phi) is 6.37. The van der Waals surface area contributed by atoms with Crippen molar-refractivity contribution in [2.24, 2.45) is 5.92 Å². The standard InChI is InChI=1S/C21H24N4O3/c1-2-3-5-15-7-9-18(10-8-15)25-14-17(12-19(25)26)21(28)24-23-20(27)16-6-4-11-22-13-16/h4,6-11,13,17H,2-3,5,12,14H2,1H3,(H,23,27)(H,24,28). The monoisotopic (exact) mass is 380 g/mol. The quantitative estimate of drug-likeness (QED) is 0.752. The van der Waals surface area contributed by atoms with Crippen LogP contribution in [0.3, 0.4) is 0 Å². The maximum absolute atomic E-state index is 12.4. The van der Waals surface area contributed by atoms with Gasteiger partial charge >= 0.3 is 0 Å². The highest BCUT2D eigenvalue weighted by Crippen LogP contribution is 2.25. The highest BCUT2D eigenvalue weighted by molar-refractivity contribution is 6.01. The summed E-state index contributed by atoms with van der Waals surface area (Å²) in [4.78, 5) is 42.2. The maximum atomic E-state index is 12.4. The van der Waals surface area contributed by atoms with Crippen molar-refractivity contribution in [3.8, 4) is 0 Å². The van der Waals surface area contributed by atoms with Crippen LogP contribution in [-0.4, -0.2) is 29.3 Å². The van der Waals surface area contributed by atoms with Crippen LogP contribution in [0.15, 0.2) is 48.8 Å². The Hall–Kier alpha value is -3.22. The molecule has 2 aromatic rings. The number of benzene rings is 1. The van der Waals surface area contributed by atoms with Crippen molar-refractivity contribution < 1.29 is 14.4 Å². The Morgan fingerprint density at radius 1 is 1.18 bits per heavy atom. The first kappa shape index (κ1) is 19.5. The predicted molar refractivity (Wildman–Crippen MR) is 105 cm³/mol. The third-order valence-electron chi connectivity index (χ3n) is 4.79. The summed E-state index contributed by atoms with van der Waals surface area (Å²) in [6.07, 6.45) is 6.38. The molecule has 1 aromatic heterocycles. The highest BCUT2D eigenvalue weighted by Gasteiger charge is 2.35. The van der Waals surface area contributed by atoms with Crippen LogP contribution in [0, 0.1) is 5.92 Å². The molecule has 0 aliphatic carbocycles. The number of amides is 3. The molecule has 1 aromatic carbocycles. The molecule has 0 saturated carbocycles. The van der Waals surface area contributed by atoms with Crippen LogP contribution in [0.2, 0.25) is 0 Å². The van der Waals surface area contributed by atoms with Gasteiger partial charge in [-0.05, 0) is 42.7 Å². The molecular formula is C21H24N4O3. The number of carbonyl (C=O) groups is 3. The Morgan fingerprint density at radius 3 is 2.64 bits per heavy atom. The van der Waals surface area contributed by atoms with Gasteiger partial charge in [-0.25, -0.2) is 0 Å². The van der Waals surface area contributed by atoms with Gasteiger partial charge in [0.25, 0.3) is 5.91 Å². The molecule has 146 valence electrons. The largest absolute Gasteiger partial charge is 0.312 e. The molecule has 3 amide bonds. The summed E-state index contributed by atoms with van der Waals surface area (Å²) in [6, 6.07) is 11.1. The molecule has 1 aliphatic rings. The number of nitrogens with one attached hydrogen (secondary N) is 2. The smallest absolute Gasteiger partial charge is 0.271 e. The molecule has 1 fully saturated rings. The van der Waals surface area contributed by atoms with Gasteiger partial charge in [0.05, 0.1) is 11.5 Å². The van der Waals surface area contributed by atoms with Gasteiger partial charge in [0.1, 0.15) is 0 Å². The van der Waals surface area contributed by atoms with Gasteiger partial charge in [-0.1, -0.05) is 25.5 Å². The fourth-order valence-electron chi connectivity index (χ4n) is 3.15. The van der Waals surface area contributed by atoms with Crippen molar-refractivity contribution >= 4 is 23.4 Å². The van der Waals surface area contributed by atoms with Crippen LogP contribution in [0.1, 0.15) is 42.1 Å². The van der Waals surface area contributed by atoms with Crippen LogP contribution in [0.25, 0.3) is 0 Å². The lowest BCUT2D eigenvalue weighted by molar-refractivity contribution is -0.126. The molecule has 7 heteroatoms. The van der Waals surface area contributed by atoms with E-state index in [0.717, 1.165) is 24.9 Å². The Bertz CT molecular complexity index is 836. The molecule has 7 nitrogen and oxygen atoms in total. The van der Waals surface area contributed by atoms with E-state index in [1.165, 1.54) is 11.8 Å². The summed E-state index contributed by atoms with van der Waals surface area (Å²) in [6.45, 7) is 2.45. The lowest BCUT2D eigenvalue weighted by Gasteiger charge is -2.17. The molecule has 1 atom stereocenters. The van der Waals surface area contributed by atoms with Crippen LogP contribution in [0.4, 0.5) is 5.69 Å². The maximum Gasteiger partial charge on any atom is 0.271 e. The predicted octanol–water partition coefficient (Wildman–Crippen LogP) is 2.24. The van der Waals surface area contributed by atoms with Crippen molar-refractivity contribution in [2.45, 2.75) is 32.6 Å². The lowest BCUT2D eigenvalue weighted by Crippen LogP contribution is -2.45. The SMILES string of the molecule is CCCCc1ccc(N2CC(C(=O)NNC(=O)c3cccnc3)CC2=O)cc1. The Morgan fingerprint density at radius 2 is 1.96 bits per heavy atom. The van der Waals surface area contributed by atoms with Crippen molar-refractivity contribution in [3.63, 3.8) is 0 Å². The van der Waals surface area contributed by atoms with Gasteiger partial charge in [0.15, 0.2) is 0 Å². The first-order valence-corrected chi connectivity index (χ1v) is 9.48. The molecule has 28 heavy (non-hydrogen) atoms. The molecule has 3 rings (SSSR count). The molecule has 0 bridgehead atoms. The van der Waals surface area contributed by atoms with Gasteiger partial charge in [0.2, 0.25) is 11.8 Å². The number of aromatic nitrogens is 1. The highest BCUT2D eigenvalue weighted by atomic mass is 16.2. The Labute approximate surface area is 164 Å². The van der Waals surface area contributed by atoms with E-state index in [1.54, 1.807) is 23.2 Å². The minimum absolute atomic E-state index is 0.0972. The average Bonchev–Trinajstić information content (AvgIpc) is 3.13. The number of pyridine rings is 1. The molecular weight excluding hydrogens is 356 g/mol. The number of anilines is 1. The van der Waals surface area contributed by atoms with E-state index in [2.05, 4.69) is 22.8 Å². The van der Waals surface area contributed by atoms with Crippen LogP contribution in [0.5, 0.6) is 0 Å². The molecule has 2 N–H and O–H groups in total. The zero-order chi connectivity index (χ0) is 19.9. The molecule has 1 saturated heterocycles. The van der Waals surface area contributed by atoms with E-state index in [9.17, 15) is 14.4 Å². The van der Waals surface area contributed by atoms with E-state index in [1.807, 2.05) is 24.3 Å². The van der Waals surface area contributed by atoms with Crippen molar-refractivity contribution in [3.05, 3.63) is 59.9 Å². The van der Waals surface area contributed by atoms with Crippen LogP contribution >= 0.6 is 0 Å².